The van der Waals surface area contributed by atoms with Crippen molar-refractivity contribution in [1.82, 2.24) is 15.5 Å². The first-order valence-corrected chi connectivity index (χ1v) is 14.9. The average Bonchev–Trinajstić information content (AvgIpc) is 3.72. The highest BCUT2D eigenvalue weighted by Crippen LogP contribution is 2.34. The number of carbonyl (C=O) groups is 2. The van der Waals surface area contributed by atoms with Gasteiger partial charge in [-0.1, -0.05) is 38.0 Å². The Morgan fingerprint density at radius 3 is 2.38 bits per heavy atom. The highest BCUT2D eigenvalue weighted by molar-refractivity contribution is 7.10. The van der Waals surface area contributed by atoms with Gasteiger partial charge in [-0.2, -0.15) is 0 Å². The zero-order chi connectivity index (χ0) is 27.5. The lowest BCUT2D eigenvalue weighted by Crippen LogP contribution is -2.46. The zero-order valence-electron chi connectivity index (χ0n) is 22.0. The van der Waals surface area contributed by atoms with Crippen molar-refractivity contribution in [2.45, 2.75) is 57.8 Å². The molecule has 0 fully saturated rings. The predicted molar refractivity (Wildman–Crippen MR) is 151 cm³/mol. The quantitative estimate of drug-likeness (QED) is 0.230. The minimum atomic E-state index is -0.425. The van der Waals surface area contributed by atoms with Crippen LogP contribution in [0.15, 0.2) is 53.2 Å². The molecule has 3 amide bonds. The number of urea groups is 1. The third-order valence-electron chi connectivity index (χ3n) is 6.28. The standard InChI is InChI=1S/C28H35N3O6S2/c1-2-3-6-21(18-35-28(34)31(16-22-7-4-13-38-22)17-23-8-5-14-39-23)29-27(33)30-24(11-12-32)20-9-10-25-26(15-20)37-19-36-25/h4-5,7-10,13-15,21,24,32H,2-3,6,11-12,16-19H2,1H3,(H2,29,30,33). The van der Waals surface area contributed by atoms with Gasteiger partial charge in [0.2, 0.25) is 6.79 Å². The van der Waals surface area contributed by atoms with Crippen LogP contribution in [0.3, 0.4) is 0 Å². The fraction of sp³-hybridized carbons (Fsp3) is 0.429. The lowest BCUT2D eigenvalue weighted by molar-refractivity contribution is 0.0879. The number of thiophene rings is 2. The number of ether oxygens (including phenoxy) is 3. The molecule has 4 rings (SSSR count). The molecule has 0 saturated carbocycles. The minimum Gasteiger partial charge on any atom is -0.454 e. The number of aliphatic hydroxyl groups excluding tert-OH is 1. The summed E-state index contributed by atoms with van der Waals surface area (Å²) in [5.41, 5.74) is 0.804. The Bertz CT molecular complexity index is 1140. The zero-order valence-corrected chi connectivity index (χ0v) is 23.6. The molecule has 0 radical (unpaired) electrons. The van der Waals surface area contributed by atoms with E-state index < -0.39 is 18.2 Å². The highest BCUT2D eigenvalue weighted by atomic mass is 32.1. The number of nitrogens with one attached hydrogen (secondary N) is 2. The molecule has 1 aliphatic heterocycles. The second-order valence-corrected chi connectivity index (χ2v) is 11.3. The molecule has 3 N–H and O–H groups in total. The van der Waals surface area contributed by atoms with Crippen molar-refractivity contribution >= 4 is 34.8 Å². The lowest BCUT2D eigenvalue weighted by atomic mass is 10.0. The number of hydrogen-bond donors (Lipinski definition) is 3. The van der Waals surface area contributed by atoms with E-state index in [4.69, 9.17) is 14.2 Å². The molecule has 2 aromatic heterocycles. The molecule has 3 heterocycles. The van der Waals surface area contributed by atoms with Gasteiger partial charge in [0, 0.05) is 16.4 Å². The molecule has 2 atom stereocenters. The van der Waals surface area contributed by atoms with E-state index in [1.54, 1.807) is 33.6 Å². The van der Waals surface area contributed by atoms with E-state index in [0.717, 1.165) is 28.2 Å². The van der Waals surface area contributed by atoms with Gasteiger partial charge in [0.1, 0.15) is 6.61 Å². The number of unbranched alkanes of at least 4 members (excludes halogenated alkanes) is 1. The Kier molecular flexibility index (Phi) is 10.9. The second-order valence-electron chi connectivity index (χ2n) is 9.23. The van der Waals surface area contributed by atoms with E-state index in [1.807, 2.05) is 47.2 Å². The van der Waals surface area contributed by atoms with Crippen LogP contribution in [0.1, 0.15) is 54.0 Å². The largest absolute Gasteiger partial charge is 0.454 e. The Morgan fingerprint density at radius 2 is 1.74 bits per heavy atom. The maximum atomic E-state index is 13.1. The molecule has 0 bridgehead atoms. The summed E-state index contributed by atoms with van der Waals surface area (Å²) in [6.07, 6.45) is 2.41. The molecule has 3 aromatic rings. The van der Waals surface area contributed by atoms with E-state index in [9.17, 15) is 14.7 Å². The van der Waals surface area contributed by atoms with Crippen LogP contribution in [0.2, 0.25) is 0 Å². The Labute approximate surface area is 236 Å². The van der Waals surface area contributed by atoms with Crippen LogP contribution in [-0.4, -0.2) is 48.2 Å². The van der Waals surface area contributed by atoms with E-state index in [-0.39, 0.29) is 26.0 Å². The first-order valence-electron chi connectivity index (χ1n) is 13.1. The third kappa shape index (κ3) is 8.61. The van der Waals surface area contributed by atoms with Gasteiger partial charge < -0.3 is 30.0 Å². The van der Waals surface area contributed by atoms with Gasteiger partial charge in [-0.3, -0.25) is 4.90 Å². The molecule has 1 aromatic carbocycles. The summed E-state index contributed by atoms with van der Waals surface area (Å²) in [7, 11) is 0. The summed E-state index contributed by atoms with van der Waals surface area (Å²) < 4.78 is 16.6. The van der Waals surface area contributed by atoms with Crippen LogP contribution >= 0.6 is 22.7 Å². The molecule has 0 aliphatic carbocycles. The molecule has 1 aliphatic rings. The summed E-state index contributed by atoms with van der Waals surface area (Å²) in [6.45, 7) is 3.12. The van der Waals surface area contributed by atoms with Gasteiger partial charge in [-0.25, -0.2) is 9.59 Å². The first-order chi connectivity index (χ1) is 19.1. The fourth-order valence-electron chi connectivity index (χ4n) is 4.24. The Morgan fingerprint density at radius 1 is 1.03 bits per heavy atom. The third-order valence-corrected chi connectivity index (χ3v) is 8.01. The molecule has 39 heavy (non-hydrogen) atoms. The van der Waals surface area contributed by atoms with Crippen molar-refractivity contribution in [2.24, 2.45) is 0 Å². The predicted octanol–water partition coefficient (Wildman–Crippen LogP) is 5.66. The van der Waals surface area contributed by atoms with E-state index >= 15 is 0 Å². The van der Waals surface area contributed by atoms with Crippen LogP contribution in [0.25, 0.3) is 0 Å². The number of carbonyl (C=O) groups excluding carboxylic acids is 2. The van der Waals surface area contributed by atoms with Gasteiger partial charge in [-0.05, 0) is 53.4 Å². The number of aliphatic hydroxyl groups is 1. The van der Waals surface area contributed by atoms with Gasteiger partial charge in [0.25, 0.3) is 0 Å². The summed E-state index contributed by atoms with van der Waals surface area (Å²) in [5.74, 6) is 1.26. The fourth-order valence-corrected chi connectivity index (χ4v) is 5.68. The van der Waals surface area contributed by atoms with Gasteiger partial charge in [0.15, 0.2) is 11.5 Å². The topological polar surface area (TPSA) is 109 Å². The summed E-state index contributed by atoms with van der Waals surface area (Å²) in [6, 6.07) is 12.2. The summed E-state index contributed by atoms with van der Waals surface area (Å²) in [4.78, 5) is 30.0. The SMILES string of the molecule is CCCCC(COC(=O)N(Cc1cccs1)Cc1cccs1)NC(=O)NC(CCO)c1ccc2c(c1)OCO2. The maximum absolute atomic E-state index is 13.1. The molecule has 0 saturated heterocycles. The van der Waals surface area contributed by atoms with Crippen molar-refractivity contribution in [1.29, 1.82) is 0 Å². The normalized spacial score (nSPS) is 13.5. The Hall–Kier alpha value is -3.28. The van der Waals surface area contributed by atoms with Gasteiger partial charge in [0.05, 0.1) is 25.2 Å². The average molecular weight is 574 g/mol. The molecule has 2 unspecified atom stereocenters. The van der Waals surface area contributed by atoms with Crippen LogP contribution in [0.5, 0.6) is 11.5 Å². The van der Waals surface area contributed by atoms with Crippen molar-refractivity contribution in [2.75, 3.05) is 20.0 Å². The number of benzene rings is 1. The maximum Gasteiger partial charge on any atom is 0.410 e. The van der Waals surface area contributed by atoms with Crippen molar-refractivity contribution in [3.63, 3.8) is 0 Å². The van der Waals surface area contributed by atoms with Gasteiger partial charge >= 0.3 is 12.1 Å². The van der Waals surface area contributed by atoms with Crippen LogP contribution in [0, 0.1) is 0 Å². The minimum absolute atomic E-state index is 0.0618. The number of fused-ring (bicyclic) bond motifs is 1. The van der Waals surface area contributed by atoms with Crippen molar-refractivity contribution < 1.29 is 28.9 Å². The van der Waals surface area contributed by atoms with Crippen LogP contribution < -0.4 is 20.1 Å². The molecule has 11 heteroatoms. The smallest absolute Gasteiger partial charge is 0.410 e. The summed E-state index contributed by atoms with van der Waals surface area (Å²) >= 11 is 3.19. The molecule has 0 spiro atoms. The van der Waals surface area contributed by atoms with E-state index in [2.05, 4.69) is 17.6 Å². The van der Waals surface area contributed by atoms with Gasteiger partial charge in [-0.15, -0.1) is 22.7 Å². The molecule has 9 nitrogen and oxygen atoms in total. The Balaban J connectivity index is 1.36. The molecular formula is C28H35N3O6S2. The second kappa shape index (κ2) is 14.8. The number of hydrogen-bond acceptors (Lipinski definition) is 8. The van der Waals surface area contributed by atoms with E-state index in [1.165, 1.54) is 0 Å². The number of amides is 3. The number of rotatable bonds is 14. The van der Waals surface area contributed by atoms with Crippen molar-refractivity contribution in [3.8, 4) is 11.5 Å². The van der Waals surface area contributed by atoms with Crippen LogP contribution in [-0.2, 0) is 17.8 Å². The van der Waals surface area contributed by atoms with E-state index in [0.29, 0.717) is 37.4 Å². The lowest BCUT2D eigenvalue weighted by Gasteiger charge is -2.25. The molecular weight excluding hydrogens is 538 g/mol. The summed E-state index contributed by atoms with van der Waals surface area (Å²) in [5, 5.41) is 19.5. The number of nitrogens with zero attached hydrogens (tertiary/aromatic N) is 1. The van der Waals surface area contributed by atoms with Crippen molar-refractivity contribution in [3.05, 3.63) is 68.5 Å². The first kappa shape index (κ1) is 28.7. The highest BCUT2D eigenvalue weighted by Gasteiger charge is 2.23. The molecule has 210 valence electrons. The monoisotopic (exact) mass is 573 g/mol. The van der Waals surface area contributed by atoms with Crippen LogP contribution in [0.4, 0.5) is 9.59 Å².